The fourth-order valence-electron chi connectivity index (χ4n) is 2.82. The van der Waals surface area contributed by atoms with Crippen molar-refractivity contribution in [1.82, 2.24) is 0 Å². The number of carbonyl (C=O) groups excluding carboxylic acids is 2. The number of benzene rings is 2. The van der Waals surface area contributed by atoms with Crippen molar-refractivity contribution in [2.75, 3.05) is 25.2 Å². The summed E-state index contributed by atoms with van der Waals surface area (Å²) in [7, 11) is 1.61. The van der Waals surface area contributed by atoms with Gasteiger partial charge in [-0.05, 0) is 71.2 Å². The third-order valence-electron chi connectivity index (χ3n) is 4.02. The van der Waals surface area contributed by atoms with Crippen molar-refractivity contribution in [2.45, 2.75) is 13.3 Å². The molecule has 0 aliphatic carbocycles. The number of rotatable bonds is 6. The Labute approximate surface area is 154 Å². The standard InChI is InChI=1S/C19H18BrNO4/c1-12-10-15-17(16(20)11-12)21(19(23)18(15)22)8-3-9-25-14-6-4-13(24-2)5-7-14/h4-7,10-11H,3,8-9H2,1-2H3. The molecule has 0 N–H and O–H groups in total. The zero-order valence-electron chi connectivity index (χ0n) is 14.0. The van der Waals surface area contributed by atoms with Crippen LogP contribution in [0.4, 0.5) is 5.69 Å². The van der Waals surface area contributed by atoms with Crippen LogP contribution in [0, 0.1) is 6.92 Å². The highest BCUT2D eigenvalue weighted by Crippen LogP contribution is 2.37. The zero-order chi connectivity index (χ0) is 18.0. The Balaban J connectivity index is 1.62. The maximum atomic E-state index is 12.3. The number of aryl methyl sites for hydroxylation is 1. The highest BCUT2D eigenvalue weighted by atomic mass is 79.9. The lowest BCUT2D eigenvalue weighted by Crippen LogP contribution is -2.31. The van der Waals surface area contributed by atoms with E-state index in [1.807, 2.05) is 37.3 Å². The number of ketones is 1. The van der Waals surface area contributed by atoms with Crippen molar-refractivity contribution in [1.29, 1.82) is 0 Å². The minimum Gasteiger partial charge on any atom is -0.497 e. The van der Waals surface area contributed by atoms with Gasteiger partial charge >= 0.3 is 0 Å². The van der Waals surface area contributed by atoms with Gasteiger partial charge in [-0.2, -0.15) is 0 Å². The van der Waals surface area contributed by atoms with Gasteiger partial charge in [-0.15, -0.1) is 0 Å². The molecule has 0 aromatic heterocycles. The molecule has 1 heterocycles. The summed E-state index contributed by atoms with van der Waals surface area (Å²) in [6.07, 6.45) is 0.616. The zero-order valence-corrected chi connectivity index (χ0v) is 15.6. The number of nitrogens with zero attached hydrogens (tertiary/aromatic N) is 1. The number of Topliss-reactive ketones (excluding diaryl/α,β-unsaturated/α-hetero) is 1. The number of hydrogen-bond acceptors (Lipinski definition) is 4. The Bertz CT molecular complexity index is 817. The van der Waals surface area contributed by atoms with Gasteiger partial charge in [0.1, 0.15) is 11.5 Å². The lowest BCUT2D eigenvalue weighted by molar-refractivity contribution is -0.114. The van der Waals surface area contributed by atoms with Gasteiger partial charge in [0.05, 0.1) is 25.0 Å². The molecule has 1 aliphatic heterocycles. The van der Waals surface area contributed by atoms with Crippen LogP contribution in [0.15, 0.2) is 40.9 Å². The van der Waals surface area contributed by atoms with E-state index in [1.165, 1.54) is 4.90 Å². The molecular weight excluding hydrogens is 386 g/mol. The molecule has 130 valence electrons. The monoisotopic (exact) mass is 403 g/mol. The van der Waals surface area contributed by atoms with E-state index in [2.05, 4.69) is 15.9 Å². The van der Waals surface area contributed by atoms with E-state index in [4.69, 9.17) is 9.47 Å². The van der Waals surface area contributed by atoms with E-state index < -0.39 is 11.7 Å². The van der Waals surface area contributed by atoms with Crippen LogP contribution in [0.2, 0.25) is 0 Å². The summed E-state index contributed by atoms with van der Waals surface area (Å²) in [6.45, 7) is 2.77. The fraction of sp³-hybridized carbons (Fsp3) is 0.263. The van der Waals surface area contributed by atoms with Crippen LogP contribution in [0.25, 0.3) is 0 Å². The fourth-order valence-corrected chi connectivity index (χ4v) is 3.61. The van der Waals surface area contributed by atoms with Crippen LogP contribution in [-0.4, -0.2) is 32.0 Å². The minimum atomic E-state index is -0.481. The van der Waals surface area contributed by atoms with Crippen molar-refractivity contribution < 1.29 is 19.1 Å². The third kappa shape index (κ3) is 3.54. The van der Waals surface area contributed by atoms with Crippen LogP contribution >= 0.6 is 15.9 Å². The van der Waals surface area contributed by atoms with E-state index in [-0.39, 0.29) is 0 Å². The first-order chi connectivity index (χ1) is 12.0. The first kappa shape index (κ1) is 17.5. The number of methoxy groups -OCH3 is 1. The summed E-state index contributed by atoms with van der Waals surface area (Å²) < 4.78 is 11.5. The molecule has 3 rings (SSSR count). The van der Waals surface area contributed by atoms with Crippen LogP contribution in [0.1, 0.15) is 22.3 Å². The summed E-state index contributed by atoms with van der Waals surface area (Å²) in [5.74, 6) is 0.577. The molecule has 1 aliphatic rings. The molecule has 0 unspecified atom stereocenters. The minimum absolute atomic E-state index is 0.426. The quantitative estimate of drug-likeness (QED) is 0.544. The number of ether oxygens (including phenoxy) is 2. The predicted octanol–water partition coefficient (Wildman–Crippen LogP) is 3.76. The largest absolute Gasteiger partial charge is 0.497 e. The molecule has 0 saturated heterocycles. The summed E-state index contributed by atoms with van der Waals surface area (Å²) in [6, 6.07) is 11.0. The molecule has 25 heavy (non-hydrogen) atoms. The second-order valence-corrected chi connectivity index (χ2v) is 6.66. The topological polar surface area (TPSA) is 55.8 Å². The summed E-state index contributed by atoms with van der Waals surface area (Å²) in [5, 5.41) is 0. The van der Waals surface area contributed by atoms with Crippen LogP contribution in [0.3, 0.4) is 0 Å². The smallest absolute Gasteiger partial charge is 0.299 e. The van der Waals surface area contributed by atoms with Crippen molar-refractivity contribution >= 4 is 33.3 Å². The van der Waals surface area contributed by atoms with Crippen molar-refractivity contribution in [2.24, 2.45) is 0 Å². The second-order valence-electron chi connectivity index (χ2n) is 5.81. The third-order valence-corrected chi connectivity index (χ3v) is 4.62. The Hall–Kier alpha value is -2.34. The molecule has 5 nitrogen and oxygen atoms in total. The average Bonchev–Trinajstić information content (AvgIpc) is 2.84. The van der Waals surface area contributed by atoms with Gasteiger partial charge in [0.25, 0.3) is 11.7 Å². The van der Waals surface area contributed by atoms with Gasteiger partial charge < -0.3 is 14.4 Å². The lowest BCUT2D eigenvalue weighted by atomic mass is 10.1. The first-order valence-electron chi connectivity index (χ1n) is 7.94. The number of fused-ring (bicyclic) bond motifs is 1. The maximum absolute atomic E-state index is 12.3. The van der Waals surface area contributed by atoms with E-state index in [9.17, 15) is 9.59 Å². The average molecular weight is 404 g/mol. The van der Waals surface area contributed by atoms with Gasteiger partial charge in [-0.1, -0.05) is 0 Å². The maximum Gasteiger partial charge on any atom is 0.299 e. The van der Waals surface area contributed by atoms with E-state index in [0.29, 0.717) is 30.8 Å². The summed E-state index contributed by atoms with van der Waals surface area (Å²) in [5.41, 5.74) is 2.06. The van der Waals surface area contributed by atoms with Gasteiger partial charge in [-0.25, -0.2) is 0 Å². The first-order valence-corrected chi connectivity index (χ1v) is 8.73. The van der Waals surface area contributed by atoms with E-state index in [1.54, 1.807) is 13.2 Å². The Morgan fingerprint density at radius 2 is 1.76 bits per heavy atom. The molecular formula is C19H18BrNO4. The molecule has 0 atom stereocenters. The lowest BCUT2D eigenvalue weighted by Gasteiger charge is -2.18. The highest BCUT2D eigenvalue weighted by Gasteiger charge is 2.37. The van der Waals surface area contributed by atoms with Crippen LogP contribution in [0.5, 0.6) is 11.5 Å². The van der Waals surface area contributed by atoms with Crippen molar-refractivity contribution in [3.8, 4) is 11.5 Å². The van der Waals surface area contributed by atoms with Crippen molar-refractivity contribution in [3.05, 3.63) is 52.0 Å². The summed E-state index contributed by atoms with van der Waals surface area (Å²) >= 11 is 3.46. The Morgan fingerprint density at radius 3 is 2.44 bits per heavy atom. The SMILES string of the molecule is COc1ccc(OCCCN2C(=O)C(=O)c3cc(C)cc(Br)c32)cc1. The van der Waals surface area contributed by atoms with E-state index in [0.717, 1.165) is 21.5 Å². The van der Waals surface area contributed by atoms with Gasteiger partial charge in [0.2, 0.25) is 0 Å². The highest BCUT2D eigenvalue weighted by molar-refractivity contribution is 9.10. The van der Waals surface area contributed by atoms with Crippen LogP contribution < -0.4 is 14.4 Å². The molecule has 6 heteroatoms. The number of anilines is 1. The molecule has 1 amide bonds. The number of carbonyl (C=O) groups is 2. The molecule has 2 aromatic carbocycles. The van der Waals surface area contributed by atoms with Gasteiger partial charge in [0.15, 0.2) is 0 Å². The number of hydrogen-bond donors (Lipinski definition) is 0. The molecule has 0 radical (unpaired) electrons. The normalized spacial score (nSPS) is 13.2. The Morgan fingerprint density at radius 1 is 1.08 bits per heavy atom. The number of amides is 1. The van der Waals surface area contributed by atoms with E-state index >= 15 is 0 Å². The molecule has 0 bridgehead atoms. The van der Waals surface area contributed by atoms with Gasteiger partial charge in [-0.3, -0.25) is 9.59 Å². The molecule has 2 aromatic rings. The predicted molar refractivity (Wildman–Crippen MR) is 98.7 cm³/mol. The molecule has 0 spiro atoms. The number of halogens is 1. The Kier molecular flexibility index (Phi) is 5.08. The van der Waals surface area contributed by atoms with Crippen molar-refractivity contribution in [3.63, 3.8) is 0 Å². The molecule has 0 saturated carbocycles. The summed E-state index contributed by atoms with van der Waals surface area (Å²) in [4.78, 5) is 26.0. The molecule has 0 fully saturated rings. The second kappa shape index (κ2) is 7.27. The van der Waals surface area contributed by atoms with Crippen LogP contribution in [-0.2, 0) is 4.79 Å². The van der Waals surface area contributed by atoms with Gasteiger partial charge in [0, 0.05) is 11.0 Å².